The largest absolute Gasteiger partial charge is 0.508 e. The van der Waals surface area contributed by atoms with Crippen molar-refractivity contribution < 1.29 is 28.5 Å². The third-order valence-corrected chi connectivity index (χ3v) is 10.6. The summed E-state index contributed by atoms with van der Waals surface area (Å²) in [6.07, 6.45) is 6.32. The van der Waals surface area contributed by atoms with Crippen molar-refractivity contribution in [3.05, 3.63) is 47.2 Å². The zero-order chi connectivity index (χ0) is 30.2. The highest BCUT2D eigenvalue weighted by atomic mass is 19.2. The number of anilines is 2. The van der Waals surface area contributed by atoms with E-state index in [4.69, 9.17) is 9.72 Å². The topological polar surface area (TPSA) is 114 Å². The van der Waals surface area contributed by atoms with E-state index in [0.717, 1.165) is 69.8 Å². The number of ether oxygens (including phenoxy) is 1. The van der Waals surface area contributed by atoms with Crippen molar-refractivity contribution in [3.63, 3.8) is 0 Å². The zero-order valence-electron chi connectivity index (χ0n) is 24.4. The molecule has 5 saturated heterocycles. The Hall–Kier alpha value is -3.61. The number of nitrogens with zero attached hydrogens (tertiary/aromatic N) is 5. The number of amides is 1. The number of aromatic hydroxyl groups is 1. The Balaban J connectivity index is 1.19. The highest BCUT2D eigenvalue weighted by Gasteiger charge is 2.50. The Morgan fingerprint density at radius 3 is 2.77 bits per heavy atom. The second kappa shape index (κ2) is 10.5. The first-order chi connectivity index (χ1) is 21.3. The van der Waals surface area contributed by atoms with Crippen LogP contribution in [-0.4, -0.2) is 94.0 Å². The van der Waals surface area contributed by atoms with Crippen LogP contribution in [0.2, 0.25) is 0 Å². The number of benzene rings is 2. The lowest BCUT2D eigenvalue weighted by atomic mass is 9.92. The average molecular weight is 607 g/mol. The number of hydrogen-bond donors (Lipinski definition) is 3. The lowest BCUT2D eigenvalue weighted by Gasteiger charge is -2.47. The third kappa shape index (κ3) is 4.33. The van der Waals surface area contributed by atoms with Crippen molar-refractivity contribution in [2.75, 3.05) is 49.2 Å². The molecular formula is C32H36F2N6O4. The molecule has 2 unspecified atom stereocenters. The molecule has 232 valence electrons. The van der Waals surface area contributed by atoms with Crippen LogP contribution in [0.3, 0.4) is 0 Å². The molecule has 0 spiro atoms. The summed E-state index contributed by atoms with van der Waals surface area (Å²) in [6.45, 7) is 3.18. The number of aliphatic hydroxyl groups is 1. The summed E-state index contributed by atoms with van der Waals surface area (Å²) in [5, 5.41) is 24.2. The monoisotopic (exact) mass is 606 g/mol. The normalized spacial score (nSPS) is 28.2. The Kier molecular flexibility index (Phi) is 6.65. The van der Waals surface area contributed by atoms with Gasteiger partial charge in [-0.3, -0.25) is 9.69 Å². The molecule has 12 heteroatoms. The third-order valence-electron chi connectivity index (χ3n) is 10.6. The van der Waals surface area contributed by atoms with Gasteiger partial charge in [-0.05, 0) is 69.0 Å². The van der Waals surface area contributed by atoms with E-state index in [0.29, 0.717) is 30.3 Å². The van der Waals surface area contributed by atoms with Crippen LogP contribution in [0.4, 0.5) is 20.3 Å². The van der Waals surface area contributed by atoms with Gasteiger partial charge in [0.15, 0.2) is 11.6 Å². The average Bonchev–Trinajstić information content (AvgIpc) is 3.61. The quantitative estimate of drug-likeness (QED) is 0.390. The van der Waals surface area contributed by atoms with Gasteiger partial charge >= 0.3 is 6.01 Å². The van der Waals surface area contributed by atoms with E-state index in [1.165, 1.54) is 23.1 Å². The molecule has 4 atom stereocenters. The van der Waals surface area contributed by atoms with Crippen molar-refractivity contribution in [1.29, 1.82) is 0 Å². The van der Waals surface area contributed by atoms with Gasteiger partial charge in [-0.1, -0.05) is 6.07 Å². The minimum atomic E-state index is -1.07. The number of piperidine rings is 2. The van der Waals surface area contributed by atoms with Crippen molar-refractivity contribution in [1.82, 2.24) is 20.2 Å². The van der Waals surface area contributed by atoms with Crippen LogP contribution in [0.15, 0.2) is 24.3 Å². The molecule has 0 radical (unpaired) electrons. The molecule has 6 aliphatic rings. The molecule has 0 saturated carbocycles. The summed E-state index contributed by atoms with van der Waals surface area (Å²) in [5.74, 6) is -2.03. The summed E-state index contributed by atoms with van der Waals surface area (Å²) >= 11 is 0. The van der Waals surface area contributed by atoms with Gasteiger partial charge in [0.05, 0.1) is 17.8 Å². The smallest absolute Gasteiger partial charge is 0.319 e. The fourth-order valence-corrected chi connectivity index (χ4v) is 8.39. The van der Waals surface area contributed by atoms with Crippen molar-refractivity contribution in [2.24, 2.45) is 0 Å². The summed E-state index contributed by atoms with van der Waals surface area (Å²) in [5.41, 5.74) is 0.806. The van der Waals surface area contributed by atoms with E-state index in [1.54, 1.807) is 0 Å². The molecule has 0 aliphatic carbocycles. The van der Waals surface area contributed by atoms with Crippen molar-refractivity contribution in [2.45, 2.75) is 68.6 Å². The van der Waals surface area contributed by atoms with Crippen LogP contribution >= 0.6 is 0 Å². The Bertz CT molecular complexity index is 1650. The maximum absolute atomic E-state index is 15.2. The first-order valence-corrected chi connectivity index (χ1v) is 15.7. The van der Waals surface area contributed by atoms with E-state index in [-0.39, 0.29) is 59.3 Å². The van der Waals surface area contributed by atoms with E-state index in [2.05, 4.69) is 20.1 Å². The zero-order valence-corrected chi connectivity index (χ0v) is 24.4. The van der Waals surface area contributed by atoms with Crippen LogP contribution in [0, 0.1) is 11.6 Å². The second-order valence-corrected chi connectivity index (χ2v) is 13.0. The van der Waals surface area contributed by atoms with Gasteiger partial charge in [0.25, 0.3) is 5.91 Å². The lowest BCUT2D eigenvalue weighted by molar-refractivity contribution is 0.0640. The van der Waals surface area contributed by atoms with E-state index < -0.39 is 17.5 Å². The number of rotatable bonds is 6. The molecular weight excluding hydrogens is 570 g/mol. The van der Waals surface area contributed by atoms with Crippen molar-refractivity contribution in [3.8, 4) is 11.8 Å². The number of carbonyl (C=O) groups excluding carboxylic acids is 1. The molecule has 6 aliphatic heterocycles. The highest BCUT2D eigenvalue weighted by Crippen LogP contribution is 2.43. The first kappa shape index (κ1) is 27.9. The Morgan fingerprint density at radius 2 is 2.00 bits per heavy atom. The highest BCUT2D eigenvalue weighted by molar-refractivity contribution is 6.12. The number of phenols is 1. The summed E-state index contributed by atoms with van der Waals surface area (Å²) in [6, 6.07) is 5.86. The van der Waals surface area contributed by atoms with Gasteiger partial charge in [-0.2, -0.15) is 9.97 Å². The SMILES string of the molecule is O=C1c2nc(OC[C@]34CCCN3[C@@H](CO)CC4)nc(N3CC4CCC3CN4)c2CCN1c1cc(O)cc2ccc(F)c(F)c12. The fourth-order valence-electron chi connectivity index (χ4n) is 8.39. The number of halogens is 2. The van der Waals surface area contributed by atoms with E-state index in [1.807, 2.05) is 0 Å². The van der Waals surface area contributed by atoms with Crippen molar-refractivity contribution >= 4 is 28.2 Å². The molecule has 2 aromatic carbocycles. The molecule has 44 heavy (non-hydrogen) atoms. The maximum Gasteiger partial charge on any atom is 0.319 e. The summed E-state index contributed by atoms with van der Waals surface area (Å²) < 4.78 is 35.9. The minimum absolute atomic E-state index is 0.0649. The molecule has 3 N–H and O–H groups in total. The number of aromatic nitrogens is 2. The number of aliphatic hydroxyl groups excluding tert-OH is 1. The fraction of sp³-hybridized carbons (Fsp3) is 0.531. The summed E-state index contributed by atoms with van der Waals surface area (Å²) in [4.78, 5) is 29.9. The Morgan fingerprint density at radius 1 is 1.11 bits per heavy atom. The van der Waals surface area contributed by atoms with Crippen LogP contribution in [0.25, 0.3) is 10.8 Å². The minimum Gasteiger partial charge on any atom is -0.508 e. The molecule has 10 nitrogen and oxygen atoms in total. The van der Waals surface area contributed by atoms with Crippen LogP contribution < -0.4 is 19.9 Å². The molecule has 2 bridgehead atoms. The van der Waals surface area contributed by atoms with Crippen LogP contribution in [0.1, 0.15) is 54.6 Å². The summed E-state index contributed by atoms with van der Waals surface area (Å²) in [7, 11) is 0. The standard InChI is InChI=1S/C32H36F2N6O4/c33-24-5-2-18-12-22(42)13-25(26(18)27(24)34)38-11-7-23-28(30(38)43)36-31(37-29(23)39-15-19-3-4-20(39)14-35-19)44-17-32-8-1-10-40(32)21(16-41)6-9-32/h2,5,12-13,19-21,35,41-42H,1,3-4,6-11,14-17H2/t19?,20?,21-,32-/m1/s1. The number of fused-ring (bicyclic) bond motifs is 6. The van der Waals surface area contributed by atoms with E-state index in [9.17, 15) is 19.4 Å². The predicted molar refractivity (Wildman–Crippen MR) is 159 cm³/mol. The molecule has 1 aromatic heterocycles. The number of piperazine rings is 1. The Labute approximate surface area is 253 Å². The number of phenolic OH excluding ortho intramolecular Hbond substituents is 1. The molecule has 1 amide bonds. The molecule has 3 aromatic rings. The van der Waals surface area contributed by atoms with Crippen LogP contribution in [-0.2, 0) is 6.42 Å². The number of nitrogens with one attached hydrogen (secondary N) is 1. The van der Waals surface area contributed by atoms with Gasteiger partial charge in [0, 0.05) is 54.8 Å². The molecule has 7 heterocycles. The number of carbonyl (C=O) groups is 1. The van der Waals surface area contributed by atoms with Crippen LogP contribution in [0.5, 0.6) is 11.8 Å². The first-order valence-electron chi connectivity index (χ1n) is 15.7. The van der Waals surface area contributed by atoms with Gasteiger partial charge in [-0.15, -0.1) is 0 Å². The van der Waals surface area contributed by atoms with Gasteiger partial charge < -0.3 is 30.1 Å². The lowest BCUT2D eigenvalue weighted by Crippen LogP contribution is -2.61. The van der Waals surface area contributed by atoms with Gasteiger partial charge in [0.1, 0.15) is 23.9 Å². The van der Waals surface area contributed by atoms with E-state index >= 15 is 4.39 Å². The molecule has 9 rings (SSSR count). The predicted octanol–water partition coefficient (Wildman–Crippen LogP) is 3.13. The molecule has 5 fully saturated rings. The second-order valence-electron chi connectivity index (χ2n) is 13.0. The number of hydrogen-bond acceptors (Lipinski definition) is 9. The maximum atomic E-state index is 15.2. The van der Waals surface area contributed by atoms with Gasteiger partial charge in [-0.25, -0.2) is 8.78 Å². The van der Waals surface area contributed by atoms with Gasteiger partial charge in [0.2, 0.25) is 0 Å².